The molecule has 3 heteroatoms. The van der Waals surface area contributed by atoms with Gasteiger partial charge in [0.05, 0.1) is 0 Å². The minimum Gasteiger partial charge on any atom is -0.351 e. The van der Waals surface area contributed by atoms with Crippen LogP contribution >= 0.6 is 12.6 Å². The number of carbonyl (C=O) groups is 1. The van der Waals surface area contributed by atoms with Crippen LogP contribution in [0.1, 0.15) is 49.4 Å². The second-order valence-corrected chi connectivity index (χ2v) is 5.81. The molecule has 0 aromatic heterocycles. The van der Waals surface area contributed by atoms with Gasteiger partial charge in [0, 0.05) is 17.0 Å². The quantitative estimate of drug-likeness (QED) is 0.797. The molecule has 1 saturated carbocycles. The molecule has 2 rings (SSSR count). The number of rotatable bonds is 4. The smallest absolute Gasteiger partial charge is 0.251 e. The van der Waals surface area contributed by atoms with Crippen LogP contribution in [-0.4, -0.2) is 12.5 Å². The van der Waals surface area contributed by atoms with Crippen LogP contribution in [0.5, 0.6) is 0 Å². The molecule has 0 bridgehead atoms. The van der Waals surface area contributed by atoms with Crippen LogP contribution in [0.3, 0.4) is 0 Å². The van der Waals surface area contributed by atoms with Crippen molar-refractivity contribution in [1.29, 1.82) is 0 Å². The van der Waals surface area contributed by atoms with E-state index in [0.29, 0.717) is 11.0 Å². The van der Waals surface area contributed by atoms with Gasteiger partial charge in [0.1, 0.15) is 0 Å². The Kier molecular flexibility index (Phi) is 4.33. The minimum absolute atomic E-state index is 0.0191. The number of benzene rings is 1. The number of hydrogen-bond donors (Lipinski definition) is 2. The SMILES string of the molecule is CCC1(CNC(=O)c2cccc(S)c2)CCCC1. The summed E-state index contributed by atoms with van der Waals surface area (Å²) in [5.74, 6) is 0.0191. The molecule has 1 aliphatic carbocycles. The molecule has 18 heavy (non-hydrogen) atoms. The van der Waals surface area contributed by atoms with Gasteiger partial charge in [0.25, 0.3) is 5.91 Å². The largest absolute Gasteiger partial charge is 0.351 e. The molecule has 0 unspecified atom stereocenters. The highest BCUT2D eigenvalue weighted by Gasteiger charge is 2.32. The zero-order valence-electron chi connectivity index (χ0n) is 10.9. The lowest BCUT2D eigenvalue weighted by Crippen LogP contribution is -2.35. The van der Waals surface area contributed by atoms with Crippen LogP contribution < -0.4 is 5.32 Å². The second kappa shape index (κ2) is 5.79. The van der Waals surface area contributed by atoms with Crippen LogP contribution in [0.4, 0.5) is 0 Å². The Bertz CT molecular complexity index is 424. The molecule has 98 valence electrons. The van der Waals surface area contributed by atoms with Crippen molar-refractivity contribution >= 4 is 18.5 Å². The molecule has 0 atom stereocenters. The molecule has 1 aromatic carbocycles. The van der Waals surface area contributed by atoms with E-state index in [2.05, 4.69) is 24.9 Å². The minimum atomic E-state index is 0.0191. The highest BCUT2D eigenvalue weighted by Crippen LogP contribution is 2.40. The Morgan fingerprint density at radius 3 is 2.72 bits per heavy atom. The summed E-state index contributed by atoms with van der Waals surface area (Å²) in [5.41, 5.74) is 1.04. The zero-order chi connectivity index (χ0) is 13.0. The summed E-state index contributed by atoms with van der Waals surface area (Å²) in [6.45, 7) is 3.03. The maximum absolute atomic E-state index is 12.1. The molecule has 1 aliphatic rings. The fourth-order valence-electron chi connectivity index (χ4n) is 2.80. The van der Waals surface area contributed by atoms with Gasteiger partial charge in [-0.25, -0.2) is 0 Å². The molecular formula is C15H21NOS. The lowest BCUT2D eigenvalue weighted by atomic mass is 9.83. The molecule has 0 heterocycles. The first-order valence-corrected chi connectivity index (χ1v) is 7.17. The third-order valence-electron chi connectivity index (χ3n) is 4.15. The summed E-state index contributed by atoms with van der Waals surface area (Å²) in [6.07, 6.45) is 6.25. The third kappa shape index (κ3) is 3.08. The number of hydrogen-bond acceptors (Lipinski definition) is 2. The number of thiol groups is 1. The standard InChI is InChI=1S/C15H21NOS/c1-2-15(8-3-4-9-15)11-16-14(17)12-6-5-7-13(18)10-12/h5-7,10,18H,2-4,8-9,11H2,1H3,(H,16,17). The molecule has 1 fully saturated rings. The van der Waals surface area contributed by atoms with Gasteiger partial charge < -0.3 is 5.32 Å². The summed E-state index contributed by atoms with van der Waals surface area (Å²) in [4.78, 5) is 12.9. The van der Waals surface area contributed by atoms with Crippen molar-refractivity contribution in [1.82, 2.24) is 5.32 Å². The summed E-state index contributed by atoms with van der Waals surface area (Å²) >= 11 is 4.26. The normalized spacial score (nSPS) is 17.7. The zero-order valence-corrected chi connectivity index (χ0v) is 11.8. The van der Waals surface area contributed by atoms with Crippen molar-refractivity contribution < 1.29 is 4.79 Å². The van der Waals surface area contributed by atoms with Gasteiger partial charge in [-0.05, 0) is 42.9 Å². The Balaban J connectivity index is 1.96. The summed E-state index contributed by atoms with van der Waals surface area (Å²) in [6, 6.07) is 7.39. The molecule has 1 aromatic rings. The lowest BCUT2D eigenvalue weighted by Gasteiger charge is -2.27. The van der Waals surface area contributed by atoms with Crippen LogP contribution in [-0.2, 0) is 0 Å². The number of nitrogens with one attached hydrogen (secondary N) is 1. The highest BCUT2D eigenvalue weighted by molar-refractivity contribution is 7.80. The Hall–Kier alpha value is -0.960. The Morgan fingerprint density at radius 1 is 1.39 bits per heavy atom. The van der Waals surface area contributed by atoms with Gasteiger partial charge in [0.2, 0.25) is 0 Å². The van der Waals surface area contributed by atoms with Crippen LogP contribution in [0.15, 0.2) is 29.2 Å². The van der Waals surface area contributed by atoms with Crippen LogP contribution in [0.25, 0.3) is 0 Å². The second-order valence-electron chi connectivity index (χ2n) is 5.29. The van der Waals surface area contributed by atoms with E-state index in [-0.39, 0.29) is 5.91 Å². The summed E-state index contributed by atoms with van der Waals surface area (Å²) < 4.78 is 0. The third-order valence-corrected chi connectivity index (χ3v) is 4.42. The van der Waals surface area contributed by atoms with Crippen molar-refractivity contribution in [3.8, 4) is 0 Å². The number of carbonyl (C=O) groups excluding carboxylic acids is 1. The maximum Gasteiger partial charge on any atom is 0.251 e. The molecule has 1 amide bonds. The average molecular weight is 263 g/mol. The van der Waals surface area contributed by atoms with E-state index in [4.69, 9.17) is 0 Å². The Labute approximate surface area is 115 Å². The van der Waals surface area contributed by atoms with E-state index in [1.165, 1.54) is 25.7 Å². The van der Waals surface area contributed by atoms with Gasteiger partial charge in [-0.1, -0.05) is 25.8 Å². The molecule has 0 saturated heterocycles. The fourth-order valence-corrected chi connectivity index (χ4v) is 3.02. The van der Waals surface area contributed by atoms with Gasteiger partial charge in [-0.2, -0.15) is 0 Å². The highest BCUT2D eigenvalue weighted by atomic mass is 32.1. The molecule has 0 aliphatic heterocycles. The molecular weight excluding hydrogens is 242 g/mol. The summed E-state index contributed by atoms with van der Waals surface area (Å²) in [7, 11) is 0. The van der Waals surface area contributed by atoms with Crippen molar-refractivity contribution in [2.24, 2.45) is 5.41 Å². The van der Waals surface area contributed by atoms with Gasteiger partial charge in [-0.15, -0.1) is 12.6 Å². The van der Waals surface area contributed by atoms with Crippen molar-refractivity contribution in [3.63, 3.8) is 0 Å². The first-order chi connectivity index (χ1) is 8.65. The predicted octanol–water partition coefficient (Wildman–Crippen LogP) is 3.68. The molecule has 2 nitrogen and oxygen atoms in total. The van der Waals surface area contributed by atoms with Crippen molar-refractivity contribution in [2.45, 2.75) is 43.9 Å². The number of amides is 1. The average Bonchev–Trinajstić information content (AvgIpc) is 2.85. The first-order valence-electron chi connectivity index (χ1n) is 6.72. The van der Waals surface area contributed by atoms with E-state index in [1.54, 1.807) is 0 Å². The van der Waals surface area contributed by atoms with Gasteiger partial charge >= 0.3 is 0 Å². The van der Waals surface area contributed by atoms with Gasteiger partial charge in [0.15, 0.2) is 0 Å². The van der Waals surface area contributed by atoms with E-state index in [1.807, 2.05) is 24.3 Å². The monoisotopic (exact) mass is 263 g/mol. The summed E-state index contributed by atoms with van der Waals surface area (Å²) in [5, 5.41) is 3.09. The van der Waals surface area contributed by atoms with Crippen molar-refractivity contribution in [2.75, 3.05) is 6.54 Å². The predicted molar refractivity (Wildman–Crippen MR) is 77.2 cm³/mol. The first kappa shape index (κ1) is 13.5. The maximum atomic E-state index is 12.1. The van der Waals surface area contributed by atoms with E-state index in [0.717, 1.165) is 17.9 Å². The van der Waals surface area contributed by atoms with Crippen LogP contribution in [0, 0.1) is 5.41 Å². The van der Waals surface area contributed by atoms with E-state index in [9.17, 15) is 4.79 Å². The van der Waals surface area contributed by atoms with Gasteiger partial charge in [-0.3, -0.25) is 4.79 Å². The lowest BCUT2D eigenvalue weighted by molar-refractivity contribution is 0.0928. The van der Waals surface area contributed by atoms with Crippen LogP contribution in [0.2, 0.25) is 0 Å². The van der Waals surface area contributed by atoms with Crippen molar-refractivity contribution in [3.05, 3.63) is 29.8 Å². The van der Waals surface area contributed by atoms with E-state index < -0.39 is 0 Å². The molecule has 0 spiro atoms. The molecule has 0 radical (unpaired) electrons. The Morgan fingerprint density at radius 2 is 2.11 bits per heavy atom. The fraction of sp³-hybridized carbons (Fsp3) is 0.533. The molecule has 1 N–H and O–H groups in total. The topological polar surface area (TPSA) is 29.1 Å². The van der Waals surface area contributed by atoms with E-state index >= 15 is 0 Å².